The van der Waals surface area contributed by atoms with Crippen LogP contribution in [0.25, 0.3) is 0 Å². The van der Waals surface area contributed by atoms with Gasteiger partial charge in [0.05, 0.1) is 24.8 Å². The smallest absolute Gasteiger partial charge is 0.264 e. The lowest BCUT2D eigenvalue weighted by atomic mass is 10.1. The highest BCUT2D eigenvalue weighted by Crippen LogP contribution is 2.32. The summed E-state index contributed by atoms with van der Waals surface area (Å²) in [6, 6.07) is 19.7. The van der Waals surface area contributed by atoms with Crippen molar-refractivity contribution in [3.8, 4) is 11.5 Å². The standard InChI is InChI=1S/C30H37N3O6S/c1-6-26(30(35)31-7-2)32(20-23-11-9-8-10-12-23)29(34)21-33(24-15-13-22(3)14-16-24)40(36,37)25-17-18-27(38-4)28(19-25)39-5/h8-19,26H,6-7,20-21H2,1-5H3,(H,31,35). The fraction of sp³-hybridized carbons (Fsp3) is 0.333. The molecule has 3 aromatic rings. The maximum atomic E-state index is 14.1. The van der Waals surface area contributed by atoms with E-state index in [1.54, 1.807) is 24.3 Å². The highest BCUT2D eigenvalue weighted by atomic mass is 32.2. The molecule has 0 saturated carbocycles. The van der Waals surface area contributed by atoms with E-state index in [0.29, 0.717) is 24.4 Å². The Bertz CT molecular complexity index is 1390. The predicted molar refractivity (Wildman–Crippen MR) is 155 cm³/mol. The van der Waals surface area contributed by atoms with Crippen LogP contribution in [0.1, 0.15) is 31.4 Å². The second kappa shape index (κ2) is 13.8. The summed E-state index contributed by atoms with van der Waals surface area (Å²) in [5.74, 6) is -0.182. The zero-order chi connectivity index (χ0) is 29.3. The lowest BCUT2D eigenvalue weighted by Gasteiger charge is -2.33. The van der Waals surface area contributed by atoms with Crippen LogP contribution < -0.4 is 19.1 Å². The van der Waals surface area contributed by atoms with E-state index in [1.165, 1.54) is 37.3 Å². The molecule has 1 unspecified atom stereocenters. The minimum atomic E-state index is -4.24. The molecule has 0 bridgehead atoms. The number of anilines is 1. The number of hydrogen-bond acceptors (Lipinski definition) is 6. The maximum Gasteiger partial charge on any atom is 0.264 e. The van der Waals surface area contributed by atoms with Crippen LogP contribution in [-0.4, -0.2) is 58.5 Å². The molecule has 40 heavy (non-hydrogen) atoms. The molecular formula is C30H37N3O6S. The van der Waals surface area contributed by atoms with Gasteiger partial charge in [-0.15, -0.1) is 0 Å². The molecule has 3 aromatic carbocycles. The topological polar surface area (TPSA) is 105 Å². The van der Waals surface area contributed by atoms with Gasteiger partial charge in [-0.25, -0.2) is 8.42 Å². The first kappa shape index (κ1) is 30.5. The van der Waals surface area contributed by atoms with Crippen molar-refractivity contribution in [2.75, 3.05) is 31.6 Å². The van der Waals surface area contributed by atoms with Gasteiger partial charge >= 0.3 is 0 Å². The minimum absolute atomic E-state index is 0.0658. The van der Waals surface area contributed by atoms with E-state index in [1.807, 2.05) is 51.1 Å². The zero-order valence-electron chi connectivity index (χ0n) is 23.6. The van der Waals surface area contributed by atoms with Crippen molar-refractivity contribution in [3.63, 3.8) is 0 Å². The number of benzene rings is 3. The fourth-order valence-electron chi connectivity index (χ4n) is 4.34. The van der Waals surface area contributed by atoms with E-state index in [0.717, 1.165) is 15.4 Å². The molecule has 1 atom stereocenters. The molecule has 0 aliphatic heterocycles. The summed E-state index contributed by atoms with van der Waals surface area (Å²) in [5, 5.41) is 2.80. The van der Waals surface area contributed by atoms with Crippen molar-refractivity contribution in [2.45, 2.75) is 44.7 Å². The van der Waals surface area contributed by atoms with Gasteiger partial charge in [0, 0.05) is 19.2 Å². The molecule has 214 valence electrons. The molecule has 0 spiro atoms. The fourth-order valence-corrected chi connectivity index (χ4v) is 5.77. The Balaban J connectivity index is 2.08. The number of carbonyl (C=O) groups excluding carboxylic acids is 2. The van der Waals surface area contributed by atoms with Crippen molar-refractivity contribution >= 4 is 27.5 Å². The average Bonchev–Trinajstić information content (AvgIpc) is 2.96. The monoisotopic (exact) mass is 567 g/mol. The molecule has 3 rings (SSSR count). The number of sulfonamides is 1. The Kier molecular flexibility index (Phi) is 10.6. The van der Waals surface area contributed by atoms with Crippen LogP contribution in [0.4, 0.5) is 5.69 Å². The van der Waals surface area contributed by atoms with Gasteiger partial charge in [-0.1, -0.05) is 55.0 Å². The molecule has 0 radical (unpaired) electrons. The third-order valence-corrected chi connectivity index (χ3v) is 8.25. The number of hydrogen-bond donors (Lipinski definition) is 1. The molecule has 2 amide bonds. The number of nitrogens with zero attached hydrogens (tertiary/aromatic N) is 2. The van der Waals surface area contributed by atoms with E-state index in [4.69, 9.17) is 9.47 Å². The first-order valence-electron chi connectivity index (χ1n) is 13.1. The van der Waals surface area contributed by atoms with Crippen molar-refractivity contribution in [1.82, 2.24) is 10.2 Å². The molecule has 9 nitrogen and oxygen atoms in total. The quantitative estimate of drug-likeness (QED) is 0.333. The Hall–Kier alpha value is -4.05. The Morgan fingerprint density at radius 2 is 1.55 bits per heavy atom. The van der Waals surface area contributed by atoms with Crippen LogP contribution in [0.15, 0.2) is 77.7 Å². The van der Waals surface area contributed by atoms with Gasteiger partial charge in [0.2, 0.25) is 11.8 Å². The number of ether oxygens (including phenoxy) is 2. The maximum absolute atomic E-state index is 14.1. The summed E-state index contributed by atoms with van der Waals surface area (Å²) < 4.78 is 39.8. The summed E-state index contributed by atoms with van der Waals surface area (Å²) in [6.07, 6.45) is 0.358. The van der Waals surface area contributed by atoms with Gasteiger partial charge in [-0.05, 0) is 50.1 Å². The second-order valence-electron chi connectivity index (χ2n) is 9.19. The van der Waals surface area contributed by atoms with Gasteiger partial charge in [0.25, 0.3) is 10.0 Å². The van der Waals surface area contributed by atoms with Crippen LogP contribution in [0, 0.1) is 6.92 Å². The lowest BCUT2D eigenvalue weighted by Crippen LogP contribution is -2.52. The lowest BCUT2D eigenvalue weighted by molar-refractivity contribution is -0.140. The number of nitrogens with one attached hydrogen (secondary N) is 1. The molecular weight excluding hydrogens is 530 g/mol. The number of likely N-dealkylation sites (N-methyl/N-ethyl adjacent to an activating group) is 1. The van der Waals surface area contributed by atoms with Crippen molar-refractivity contribution in [3.05, 3.63) is 83.9 Å². The minimum Gasteiger partial charge on any atom is -0.493 e. The van der Waals surface area contributed by atoms with Crippen LogP contribution in [0.2, 0.25) is 0 Å². The molecule has 0 saturated heterocycles. The summed E-state index contributed by atoms with van der Waals surface area (Å²) in [6.45, 7) is 5.57. The molecule has 0 fully saturated rings. The highest BCUT2D eigenvalue weighted by molar-refractivity contribution is 7.92. The van der Waals surface area contributed by atoms with Gasteiger partial charge in [-0.2, -0.15) is 0 Å². The van der Waals surface area contributed by atoms with E-state index in [2.05, 4.69) is 5.32 Å². The van der Waals surface area contributed by atoms with Gasteiger partial charge in [0.1, 0.15) is 12.6 Å². The first-order chi connectivity index (χ1) is 19.2. The molecule has 0 aliphatic carbocycles. The zero-order valence-corrected chi connectivity index (χ0v) is 24.4. The number of aryl methyl sites for hydroxylation is 1. The van der Waals surface area contributed by atoms with Gasteiger partial charge in [-0.3, -0.25) is 13.9 Å². The SMILES string of the molecule is CCNC(=O)C(CC)N(Cc1ccccc1)C(=O)CN(c1ccc(C)cc1)S(=O)(=O)c1ccc(OC)c(OC)c1. The first-order valence-corrected chi connectivity index (χ1v) is 14.5. The van der Waals surface area contributed by atoms with Crippen molar-refractivity contribution < 1.29 is 27.5 Å². The average molecular weight is 568 g/mol. The van der Waals surface area contributed by atoms with Gasteiger partial charge < -0.3 is 19.7 Å². The van der Waals surface area contributed by atoms with E-state index >= 15 is 0 Å². The largest absolute Gasteiger partial charge is 0.493 e. The summed E-state index contributed by atoms with van der Waals surface area (Å²) >= 11 is 0. The number of rotatable bonds is 13. The third kappa shape index (κ3) is 7.12. The molecule has 0 aromatic heterocycles. The molecule has 10 heteroatoms. The van der Waals surface area contributed by atoms with E-state index < -0.39 is 28.5 Å². The van der Waals surface area contributed by atoms with Gasteiger partial charge in [0.15, 0.2) is 11.5 Å². The summed E-state index contributed by atoms with van der Waals surface area (Å²) in [4.78, 5) is 28.4. The highest BCUT2D eigenvalue weighted by Gasteiger charge is 2.34. The van der Waals surface area contributed by atoms with Crippen LogP contribution >= 0.6 is 0 Å². The number of methoxy groups -OCH3 is 2. The van der Waals surface area contributed by atoms with Crippen LogP contribution in [0.3, 0.4) is 0 Å². The second-order valence-corrected chi connectivity index (χ2v) is 11.1. The number of amides is 2. The van der Waals surface area contributed by atoms with Crippen molar-refractivity contribution in [2.24, 2.45) is 0 Å². The Morgan fingerprint density at radius 1 is 0.900 bits per heavy atom. The van der Waals surface area contributed by atoms with E-state index in [-0.39, 0.29) is 23.1 Å². The Morgan fingerprint density at radius 3 is 2.12 bits per heavy atom. The molecule has 0 aliphatic rings. The molecule has 0 heterocycles. The van der Waals surface area contributed by atoms with Crippen LogP contribution in [-0.2, 0) is 26.2 Å². The Labute approximate surface area is 236 Å². The summed E-state index contributed by atoms with van der Waals surface area (Å²) in [7, 11) is -1.36. The summed E-state index contributed by atoms with van der Waals surface area (Å²) in [5.41, 5.74) is 2.08. The van der Waals surface area contributed by atoms with Crippen molar-refractivity contribution in [1.29, 1.82) is 0 Å². The third-order valence-electron chi connectivity index (χ3n) is 6.48. The van der Waals surface area contributed by atoms with Crippen LogP contribution in [0.5, 0.6) is 11.5 Å². The number of carbonyl (C=O) groups is 2. The predicted octanol–water partition coefficient (Wildman–Crippen LogP) is 4.15. The normalized spacial score (nSPS) is 11.8. The molecule has 1 N–H and O–H groups in total. The van der Waals surface area contributed by atoms with E-state index in [9.17, 15) is 18.0 Å².